The predicted molar refractivity (Wildman–Crippen MR) is 118 cm³/mol. The van der Waals surface area contributed by atoms with E-state index in [-0.39, 0.29) is 11.9 Å². The molecule has 164 valence electrons. The molecule has 1 aliphatic rings. The summed E-state index contributed by atoms with van der Waals surface area (Å²) in [6, 6.07) is 6.67. The molecule has 0 saturated carbocycles. The van der Waals surface area contributed by atoms with Crippen molar-refractivity contribution in [3.8, 4) is 5.75 Å². The van der Waals surface area contributed by atoms with Crippen LogP contribution in [0.1, 0.15) is 27.7 Å². The molecule has 1 saturated heterocycles. The molecule has 2 N–H and O–H groups in total. The van der Waals surface area contributed by atoms with Gasteiger partial charge in [-0.15, -0.1) is 0 Å². The predicted octanol–water partition coefficient (Wildman–Crippen LogP) is 2.42. The van der Waals surface area contributed by atoms with Crippen LogP contribution >= 0.6 is 0 Å². The first-order chi connectivity index (χ1) is 13.9. The highest BCUT2D eigenvalue weighted by molar-refractivity contribution is 5.79. The smallest absolute Gasteiger partial charge is 0.191 e. The topological polar surface area (TPSA) is 52.1 Å². The van der Waals surface area contributed by atoms with Crippen LogP contribution in [0.15, 0.2) is 29.3 Å². The van der Waals surface area contributed by atoms with Gasteiger partial charge in [0.2, 0.25) is 0 Å². The minimum atomic E-state index is -0.291. The number of guanidine groups is 1. The number of aliphatic imine (C=N–C) groups is 1. The van der Waals surface area contributed by atoms with Gasteiger partial charge in [-0.2, -0.15) is 0 Å². The molecular formula is C22H38FN5O. The molecule has 1 aliphatic heterocycles. The summed E-state index contributed by atoms with van der Waals surface area (Å²) in [7, 11) is 2.18. The molecule has 2 rings (SSSR count). The van der Waals surface area contributed by atoms with Gasteiger partial charge in [0, 0.05) is 44.8 Å². The molecule has 2 atom stereocenters. The second kappa shape index (κ2) is 12.0. The average molecular weight is 408 g/mol. The first-order valence-corrected chi connectivity index (χ1v) is 10.8. The van der Waals surface area contributed by atoms with Crippen molar-refractivity contribution < 1.29 is 9.13 Å². The van der Waals surface area contributed by atoms with Crippen LogP contribution in [0.2, 0.25) is 0 Å². The average Bonchev–Trinajstić information content (AvgIpc) is 2.67. The molecule has 1 heterocycles. The number of nitrogens with zero attached hydrogens (tertiary/aromatic N) is 3. The lowest BCUT2D eigenvalue weighted by molar-refractivity contribution is 0.0925. The van der Waals surface area contributed by atoms with Crippen LogP contribution in [0.5, 0.6) is 5.75 Å². The van der Waals surface area contributed by atoms with Crippen molar-refractivity contribution in [3.05, 3.63) is 30.1 Å². The molecule has 0 amide bonds. The lowest BCUT2D eigenvalue weighted by Crippen LogP contribution is -2.52. The Balaban J connectivity index is 1.89. The van der Waals surface area contributed by atoms with E-state index in [1.165, 1.54) is 12.1 Å². The molecule has 0 bridgehead atoms. The Morgan fingerprint density at radius 1 is 1.17 bits per heavy atom. The Bertz CT molecular complexity index is 631. The first kappa shape index (κ1) is 23.4. The first-order valence-electron chi connectivity index (χ1n) is 10.8. The van der Waals surface area contributed by atoms with Gasteiger partial charge in [-0.3, -0.25) is 9.89 Å². The molecule has 29 heavy (non-hydrogen) atoms. The van der Waals surface area contributed by atoms with Crippen LogP contribution in [-0.4, -0.2) is 80.8 Å². The number of likely N-dealkylation sites (N-methyl/N-ethyl adjacent to an activating group) is 1. The maximum atomic E-state index is 13.3. The third-order valence-electron chi connectivity index (χ3n) is 5.25. The van der Waals surface area contributed by atoms with E-state index in [1.54, 1.807) is 12.1 Å². The number of halogens is 1. The molecule has 0 spiro atoms. The zero-order chi connectivity index (χ0) is 21.2. The maximum absolute atomic E-state index is 13.3. The van der Waals surface area contributed by atoms with Gasteiger partial charge in [0.1, 0.15) is 17.7 Å². The maximum Gasteiger partial charge on any atom is 0.191 e. The van der Waals surface area contributed by atoms with Crippen molar-refractivity contribution in [2.75, 3.05) is 52.9 Å². The summed E-state index contributed by atoms with van der Waals surface area (Å²) in [5, 5.41) is 6.66. The third-order valence-corrected chi connectivity index (χ3v) is 5.25. The van der Waals surface area contributed by atoms with E-state index in [2.05, 4.69) is 48.3 Å². The van der Waals surface area contributed by atoms with Crippen LogP contribution in [0, 0.1) is 11.7 Å². The SMILES string of the molecule is CCNC(=NCC(C(C)C)N1CCN(C)CC1)NCC(C)Oc1cccc(F)c1. The van der Waals surface area contributed by atoms with Gasteiger partial charge in [0.15, 0.2) is 5.96 Å². The summed E-state index contributed by atoms with van der Waals surface area (Å²) >= 11 is 0. The van der Waals surface area contributed by atoms with Crippen LogP contribution in [-0.2, 0) is 0 Å². The third kappa shape index (κ3) is 8.19. The summed E-state index contributed by atoms with van der Waals surface area (Å²) in [5.74, 6) is 1.58. The zero-order valence-electron chi connectivity index (χ0n) is 18.6. The lowest BCUT2D eigenvalue weighted by atomic mass is 10.0. The quantitative estimate of drug-likeness (QED) is 0.486. The van der Waals surface area contributed by atoms with Gasteiger partial charge >= 0.3 is 0 Å². The van der Waals surface area contributed by atoms with Gasteiger partial charge < -0.3 is 20.3 Å². The van der Waals surface area contributed by atoms with E-state index in [0.29, 0.717) is 24.3 Å². The number of piperazine rings is 1. The summed E-state index contributed by atoms with van der Waals surface area (Å²) in [6.07, 6.45) is -0.112. The molecule has 1 aromatic rings. The van der Waals surface area contributed by atoms with E-state index in [9.17, 15) is 4.39 Å². The van der Waals surface area contributed by atoms with E-state index in [4.69, 9.17) is 9.73 Å². The zero-order valence-corrected chi connectivity index (χ0v) is 18.6. The number of hydrogen-bond donors (Lipinski definition) is 2. The Labute approximate surface area is 175 Å². The largest absolute Gasteiger partial charge is 0.489 e. The van der Waals surface area contributed by atoms with Crippen LogP contribution < -0.4 is 15.4 Å². The second-order valence-corrected chi connectivity index (χ2v) is 8.14. The highest BCUT2D eigenvalue weighted by atomic mass is 19.1. The number of hydrogen-bond acceptors (Lipinski definition) is 4. The van der Waals surface area contributed by atoms with Crippen molar-refractivity contribution >= 4 is 5.96 Å². The summed E-state index contributed by atoms with van der Waals surface area (Å²) in [4.78, 5) is 9.79. The number of benzene rings is 1. The normalized spacial score (nSPS) is 18.5. The number of rotatable bonds is 9. The summed E-state index contributed by atoms with van der Waals surface area (Å²) in [5.41, 5.74) is 0. The Morgan fingerprint density at radius 2 is 1.90 bits per heavy atom. The van der Waals surface area contributed by atoms with Crippen molar-refractivity contribution in [1.82, 2.24) is 20.4 Å². The molecule has 1 aromatic carbocycles. The van der Waals surface area contributed by atoms with Crippen molar-refractivity contribution in [2.45, 2.75) is 39.8 Å². The molecular weight excluding hydrogens is 369 g/mol. The van der Waals surface area contributed by atoms with E-state index in [1.807, 2.05) is 6.92 Å². The molecule has 0 radical (unpaired) electrons. The fourth-order valence-electron chi connectivity index (χ4n) is 3.48. The second-order valence-electron chi connectivity index (χ2n) is 8.14. The highest BCUT2D eigenvalue weighted by Crippen LogP contribution is 2.15. The number of ether oxygens (including phenoxy) is 1. The minimum Gasteiger partial charge on any atom is -0.489 e. The number of nitrogens with one attached hydrogen (secondary N) is 2. The minimum absolute atomic E-state index is 0.112. The highest BCUT2D eigenvalue weighted by Gasteiger charge is 2.24. The Hall–Kier alpha value is -1.86. The molecule has 7 heteroatoms. The fourth-order valence-corrected chi connectivity index (χ4v) is 3.48. The van der Waals surface area contributed by atoms with Crippen molar-refractivity contribution in [2.24, 2.45) is 10.9 Å². The van der Waals surface area contributed by atoms with Crippen LogP contribution in [0.3, 0.4) is 0 Å². The Morgan fingerprint density at radius 3 is 2.52 bits per heavy atom. The molecule has 1 fully saturated rings. The molecule has 6 nitrogen and oxygen atoms in total. The molecule has 0 aliphatic carbocycles. The Kier molecular flexibility index (Phi) is 9.67. The van der Waals surface area contributed by atoms with E-state index < -0.39 is 0 Å². The summed E-state index contributed by atoms with van der Waals surface area (Å²) < 4.78 is 19.1. The fraction of sp³-hybridized carbons (Fsp3) is 0.682. The monoisotopic (exact) mass is 407 g/mol. The molecule has 2 unspecified atom stereocenters. The van der Waals surface area contributed by atoms with Gasteiger partial charge in [0.25, 0.3) is 0 Å². The van der Waals surface area contributed by atoms with Crippen LogP contribution in [0.25, 0.3) is 0 Å². The van der Waals surface area contributed by atoms with Gasteiger partial charge in [-0.1, -0.05) is 19.9 Å². The van der Waals surface area contributed by atoms with Gasteiger partial charge in [-0.05, 0) is 38.9 Å². The van der Waals surface area contributed by atoms with Crippen LogP contribution in [0.4, 0.5) is 4.39 Å². The van der Waals surface area contributed by atoms with Crippen molar-refractivity contribution in [1.29, 1.82) is 0 Å². The van der Waals surface area contributed by atoms with E-state index in [0.717, 1.165) is 45.2 Å². The molecule has 0 aromatic heterocycles. The summed E-state index contributed by atoms with van der Waals surface area (Å²) in [6.45, 7) is 15.1. The standard InChI is InChI=1S/C22H38FN5O/c1-6-24-22(25-15-18(4)29-20-9-7-8-19(23)14-20)26-16-21(17(2)3)28-12-10-27(5)11-13-28/h7-9,14,17-18,21H,6,10-13,15-16H2,1-5H3,(H2,24,25,26). The lowest BCUT2D eigenvalue weighted by Gasteiger charge is -2.39. The van der Waals surface area contributed by atoms with Gasteiger partial charge in [-0.25, -0.2) is 4.39 Å². The van der Waals surface area contributed by atoms with Crippen molar-refractivity contribution in [3.63, 3.8) is 0 Å². The van der Waals surface area contributed by atoms with E-state index >= 15 is 0 Å². The van der Waals surface area contributed by atoms with Gasteiger partial charge in [0.05, 0.1) is 13.1 Å².